The van der Waals surface area contributed by atoms with Gasteiger partial charge in [0.2, 0.25) is 11.8 Å². The van der Waals surface area contributed by atoms with Crippen LogP contribution in [0.25, 0.3) is 0 Å². The SMILES string of the molecule is CC(C)C1CCCCN(SSN2CCCCC(C(C)C)C2=O)C1=O. The topological polar surface area (TPSA) is 40.6 Å². The first-order chi connectivity index (χ1) is 11.4. The summed E-state index contributed by atoms with van der Waals surface area (Å²) in [4.78, 5) is 25.5. The zero-order chi connectivity index (χ0) is 17.7. The molecule has 2 amide bonds. The van der Waals surface area contributed by atoms with Crippen LogP contribution in [0.4, 0.5) is 0 Å². The second-order valence-corrected chi connectivity index (χ2v) is 9.80. The minimum atomic E-state index is 0.129. The molecule has 0 aromatic heterocycles. The van der Waals surface area contributed by atoms with Crippen LogP contribution in [0, 0.1) is 23.7 Å². The molecule has 2 aliphatic heterocycles. The first kappa shape index (κ1) is 20.0. The molecule has 2 saturated heterocycles. The second kappa shape index (κ2) is 9.37. The lowest BCUT2D eigenvalue weighted by Crippen LogP contribution is -2.34. The van der Waals surface area contributed by atoms with E-state index in [-0.39, 0.29) is 23.7 Å². The molecule has 2 heterocycles. The Morgan fingerprint density at radius 3 is 1.46 bits per heavy atom. The molecule has 24 heavy (non-hydrogen) atoms. The molecule has 0 radical (unpaired) electrons. The number of hydrogen-bond acceptors (Lipinski definition) is 4. The maximum absolute atomic E-state index is 12.8. The fourth-order valence-electron chi connectivity index (χ4n) is 3.54. The standard InChI is InChI=1S/C18H32N2O2S2/c1-13(2)15-9-5-7-11-19(17(15)21)23-24-20-12-8-6-10-16(14(3)4)18(20)22/h13-16H,5-12H2,1-4H3. The number of carbonyl (C=O) groups is 2. The molecule has 0 saturated carbocycles. The van der Waals surface area contributed by atoms with Gasteiger partial charge in [0.25, 0.3) is 0 Å². The lowest BCUT2D eigenvalue weighted by atomic mass is 9.91. The number of nitrogens with zero attached hydrogens (tertiary/aromatic N) is 2. The summed E-state index contributed by atoms with van der Waals surface area (Å²) in [6.07, 6.45) is 6.35. The van der Waals surface area contributed by atoms with Gasteiger partial charge in [0.1, 0.15) is 0 Å². The summed E-state index contributed by atoms with van der Waals surface area (Å²) in [5.74, 6) is 1.53. The van der Waals surface area contributed by atoms with Gasteiger partial charge in [-0.15, -0.1) is 0 Å². The lowest BCUT2D eigenvalue weighted by molar-refractivity contribution is -0.132. The van der Waals surface area contributed by atoms with E-state index in [1.807, 2.05) is 8.61 Å². The molecule has 4 nitrogen and oxygen atoms in total. The summed E-state index contributed by atoms with van der Waals surface area (Å²) in [6, 6.07) is 0. The molecule has 2 atom stereocenters. The maximum Gasteiger partial charge on any atom is 0.236 e. The van der Waals surface area contributed by atoms with E-state index in [1.54, 1.807) is 0 Å². The summed E-state index contributed by atoms with van der Waals surface area (Å²) >= 11 is 0. The second-order valence-electron chi connectivity index (χ2n) is 7.72. The predicted molar refractivity (Wildman–Crippen MR) is 103 cm³/mol. The fourth-order valence-corrected chi connectivity index (χ4v) is 5.90. The van der Waals surface area contributed by atoms with Crippen molar-refractivity contribution in [2.75, 3.05) is 13.1 Å². The van der Waals surface area contributed by atoms with Crippen LogP contribution in [0.15, 0.2) is 0 Å². The molecular formula is C18H32N2O2S2. The van der Waals surface area contributed by atoms with E-state index < -0.39 is 0 Å². The van der Waals surface area contributed by atoms with Crippen LogP contribution < -0.4 is 0 Å². The zero-order valence-corrected chi connectivity index (χ0v) is 17.1. The maximum atomic E-state index is 12.8. The van der Waals surface area contributed by atoms with Crippen molar-refractivity contribution in [3.8, 4) is 0 Å². The van der Waals surface area contributed by atoms with Crippen LogP contribution in [0.2, 0.25) is 0 Å². The van der Waals surface area contributed by atoms with E-state index >= 15 is 0 Å². The van der Waals surface area contributed by atoms with Gasteiger partial charge in [0, 0.05) is 46.9 Å². The fraction of sp³-hybridized carbons (Fsp3) is 0.889. The van der Waals surface area contributed by atoms with Crippen LogP contribution in [0.3, 0.4) is 0 Å². The number of hydrogen-bond donors (Lipinski definition) is 0. The molecule has 0 spiro atoms. The van der Waals surface area contributed by atoms with Gasteiger partial charge in [-0.2, -0.15) is 0 Å². The van der Waals surface area contributed by atoms with Crippen molar-refractivity contribution < 1.29 is 9.59 Å². The Bertz CT molecular complexity index is 403. The quantitative estimate of drug-likeness (QED) is 0.515. The molecule has 0 N–H and O–H groups in total. The Morgan fingerprint density at radius 2 is 1.12 bits per heavy atom. The third kappa shape index (κ3) is 5.07. The first-order valence-electron chi connectivity index (χ1n) is 9.39. The van der Waals surface area contributed by atoms with Gasteiger partial charge in [-0.3, -0.25) is 18.2 Å². The molecule has 0 aromatic rings. The summed E-state index contributed by atoms with van der Waals surface area (Å²) in [7, 11) is 2.96. The minimum Gasteiger partial charge on any atom is -0.276 e. The van der Waals surface area contributed by atoms with Crippen molar-refractivity contribution >= 4 is 33.8 Å². The Balaban J connectivity index is 1.97. The van der Waals surface area contributed by atoms with Gasteiger partial charge < -0.3 is 0 Å². The van der Waals surface area contributed by atoms with E-state index in [1.165, 1.54) is 22.0 Å². The normalized spacial score (nSPS) is 26.9. The summed E-state index contributed by atoms with van der Waals surface area (Å²) < 4.78 is 3.82. The van der Waals surface area contributed by atoms with Crippen molar-refractivity contribution in [2.24, 2.45) is 23.7 Å². The van der Waals surface area contributed by atoms with Crippen LogP contribution in [0.5, 0.6) is 0 Å². The molecule has 6 heteroatoms. The van der Waals surface area contributed by atoms with Crippen molar-refractivity contribution in [1.29, 1.82) is 0 Å². The molecule has 0 aromatic carbocycles. The Kier molecular flexibility index (Phi) is 7.79. The van der Waals surface area contributed by atoms with E-state index in [9.17, 15) is 9.59 Å². The van der Waals surface area contributed by atoms with E-state index in [0.29, 0.717) is 11.8 Å². The smallest absolute Gasteiger partial charge is 0.236 e. The molecule has 2 fully saturated rings. The minimum absolute atomic E-state index is 0.129. The first-order valence-corrected chi connectivity index (χ1v) is 11.5. The molecule has 2 unspecified atom stereocenters. The van der Waals surface area contributed by atoms with Gasteiger partial charge in [-0.25, -0.2) is 0 Å². The molecule has 2 aliphatic rings. The van der Waals surface area contributed by atoms with Gasteiger partial charge in [0.15, 0.2) is 0 Å². The highest BCUT2D eigenvalue weighted by Gasteiger charge is 2.33. The van der Waals surface area contributed by atoms with Crippen molar-refractivity contribution in [3.63, 3.8) is 0 Å². The third-order valence-corrected chi connectivity index (χ3v) is 7.63. The Morgan fingerprint density at radius 1 is 0.750 bits per heavy atom. The Hall–Kier alpha value is -0.360. The Labute approximate surface area is 155 Å². The van der Waals surface area contributed by atoms with E-state index in [0.717, 1.165) is 51.6 Å². The van der Waals surface area contributed by atoms with Gasteiger partial charge in [-0.05, 0) is 37.5 Å². The lowest BCUT2D eigenvalue weighted by Gasteiger charge is -2.28. The van der Waals surface area contributed by atoms with E-state index in [4.69, 9.17) is 0 Å². The summed E-state index contributed by atoms with van der Waals surface area (Å²) in [6.45, 7) is 10.1. The van der Waals surface area contributed by atoms with Crippen molar-refractivity contribution in [1.82, 2.24) is 8.61 Å². The van der Waals surface area contributed by atoms with Gasteiger partial charge in [-0.1, -0.05) is 40.5 Å². The molecular weight excluding hydrogens is 340 g/mol. The average Bonchev–Trinajstić information content (AvgIpc) is 2.82. The average molecular weight is 373 g/mol. The zero-order valence-electron chi connectivity index (χ0n) is 15.5. The van der Waals surface area contributed by atoms with Crippen LogP contribution in [0.1, 0.15) is 66.2 Å². The molecule has 0 aliphatic carbocycles. The van der Waals surface area contributed by atoms with Crippen LogP contribution in [-0.2, 0) is 9.59 Å². The highest BCUT2D eigenvalue weighted by atomic mass is 33.1. The third-order valence-electron chi connectivity index (χ3n) is 5.20. The summed E-state index contributed by atoms with van der Waals surface area (Å²) in [5.41, 5.74) is 0. The number of amides is 2. The largest absolute Gasteiger partial charge is 0.276 e. The van der Waals surface area contributed by atoms with Gasteiger partial charge >= 0.3 is 0 Å². The molecule has 2 rings (SSSR count). The molecule has 138 valence electrons. The molecule has 0 bridgehead atoms. The number of rotatable bonds is 5. The van der Waals surface area contributed by atoms with Crippen LogP contribution >= 0.6 is 22.0 Å². The van der Waals surface area contributed by atoms with Crippen molar-refractivity contribution in [2.45, 2.75) is 66.2 Å². The van der Waals surface area contributed by atoms with E-state index in [2.05, 4.69) is 27.7 Å². The highest BCUT2D eigenvalue weighted by Crippen LogP contribution is 2.38. The summed E-state index contributed by atoms with van der Waals surface area (Å²) in [5, 5.41) is 0. The number of carbonyl (C=O) groups excluding carboxylic acids is 2. The predicted octanol–water partition coefficient (Wildman–Crippen LogP) is 4.77. The highest BCUT2D eigenvalue weighted by molar-refractivity contribution is 8.75. The monoisotopic (exact) mass is 372 g/mol. The van der Waals surface area contributed by atoms with Crippen LogP contribution in [-0.4, -0.2) is 33.5 Å². The van der Waals surface area contributed by atoms with Gasteiger partial charge in [0.05, 0.1) is 0 Å². The van der Waals surface area contributed by atoms with Crippen molar-refractivity contribution in [3.05, 3.63) is 0 Å².